The number of rotatable bonds is 6. The summed E-state index contributed by atoms with van der Waals surface area (Å²) in [6.45, 7) is 2.82. The van der Waals surface area contributed by atoms with Gasteiger partial charge in [0.15, 0.2) is 0 Å². The Hall–Kier alpha value is -1.55. The van der Waals surface area contributed by atoms with Crippen LogP contribution in [0.5, 0.6) is 5.75 Å². The largest absolute Gasteiger partial charge is 0.496 e. The van der Waals surface area contributed by atoms with Gasteiger partial charge >= 0.3 is 0 Å². The minimum atomic E-state index is -0.407. The summed E-state index contributed by atoms with van der Waals surface area (Å²) >= 11 is 0. The summed E-state index contributed by atoms with van der Waals surface area (Å²) in [5.74, 6) is 1.20. The van der Waals surface area contributed by atoms with Gasteiger partial charge in [0.2, 0.25) is 5.91 Å². The molecule has 0 heterocycles. The number of primary amides is 1. The van der Waals surface area contributed by atoms with E-state index in [1.165, 1.54) is 12.8 Å². The number of hydrogen-bond donors (Lipinski definition) is 2. The molecule has 1 amide bonds. The minimum Gasteiger partial charge on any atom is -0.496 e. The van der Waals surface area contributed by atoms with E-state index in [1.807, 2.05) is 25.1 Å². The van der Waals surface area contributed by atoms with E-state index in [9.17, 15) is 4.79 Å². The average molecular weight is 248 g/mol. The third-order valence-corrected chi connectivity index (χ3v) is 3.34. The van der Waals surface area contributed by atoms with Crippen molar-refractivity contribution in [3.8, 4) is 5.75 Å². The number of aryl methyl sites for hydroxylation is 1. The summed E-state index contributed by atoms with van der Waals surface area (Å²) in [4.78, 5) is 11.5. The smallest absolute Gasteiger partial charge is 0.239 e. The van der Waals surface area contributed by atoms with Crippen molar-refractivity contribution in [2.45, 2.75) is 25.8 Å². The SMILES string of the molecule is COc1ccc(C(NCC2CC2)C(N)=O)cc1C. The molecule has 4 nitrogen and oxygen atoms in total. The predicted molar refractivity (Wildman–Crippen MR) is 70.4 cm³/mol. The van der Waals surface area contributed by atoms with Crippen molar-refractivity contribution in [2.24, 2.45) is 11.7 Å². The van der Waals surface area contributed by atoms with Gasteiger partial charge in [0.1, 0.15) is 11.8 Å². The fourth-order valence-corrected chi connectivity index (χ4v) is 2.07. The van der Waals surface area contributed by atoms with Crippen LogP contribution in [0.4, 0.5) is 0 Å². The van der Waals surface area contributed by atoms with Gasteiger partial charge in [-0.25, -0.2) is 0 Å². The molecule has 4 heteroatoms. The van der Waals surface area contributed by atoms with Gasteiger partial charge in [0, 0.05) is 0 Å². The maximum atomic E-state index is 11.5. The molecule has 1 atom stereocenters. The first-order valence-electron chi connectivity index (χ1n) is 6.29. The average Bonchev–Trinajstić information content (AvgIpc) is 3.13. The van der Waals surface area contributed by atoms with Crippen LogP contribution >= 0.6 is 0 Å². The second-order valence-corrected chi connectivity index (χ2v) is 4.92. The van der Waals surface area contributed by atoms with E-state index in [1.54, 1.807) is 7.11 Å². The van der Waals surface area contributed by atoms with Gasteiger partial charge < -0.3 is 15.8 Å². The first kappa shape index (κ1) is 12.9. The van der Waals surface area contributed by atoms with Crippen LogP contribution in [-0.2, 0) is 4.79 Å². The number of hydrogen-bond acceptors (Lipinski definition) is 3. The first-order valence-corrected chi connectivity index (χ1v) is 6.29. The molecule has 0 bridgehead atoms. The second kappa shape index (κ2) is 5.40. The van der Waals surface area contributed by atoms with Crippen LogP contribution in [0.1, 0.15) is 30.0 Å². The molecule has 0 aliphatic heterocycles. The normalized spacial score (nSPS) is 16.3. The van der Waals surface area contributed by atoms with E-state index in [-0.39, 0.29) is 5.91 Å². The molecule has 1 fully saturated rings. The Kier molecular flexibility index (Phi) is 3.87. The standard InChI is InChI=1S/C14H20N2O2/c1-9-7-11(5-6-12(9)18-2)13(14(15)17)16-8-10-3-4-10/h5-7,10,13,16H,3-4,8H2,1-2H3,(H2,15,17). The molecular weight excluding hydrogens is 228 g/mol. The fourth-order valence-electron chi connectivity index (χ4n) is 2.07. The molecule has 1 aliphatic rings. The van der Waals surface area contributed by atoms with E-state index in [4.69, 9.17) is 10.5 Å². The minimum absolute atomic E-state index is 0.333. The highest BCUT2D eigenvalue weighted by atomic mass is 16.5. The third-order valence-electron chi connectivity index (χ3n) is 3.34. The van der Waals surface area contributed by atoms with Crippen LogP contribution in [0, 0.1) is 12.8 Å². The van der Waals surface area contributed by atoms with Crippen LogP contribution in [0.25, 0.3) is 0 Å². The molecule has 0 spiro atoms. The number of nitrogens with one attached hydrogen (secondary N) is 1. The van der Waals surface area contributed by atoms with Crippen LogP contribution in [0.15, 0.2) is 18.2 Å². The van der Waals surface area contributed by atoms with Gasteiger partial charge in [-0.05, 0) is 49.4 Å². The molecule has 0 saturated heterocycles. The van der Waals surface area contributed by atoms with Gasteiger partial charge in [0.05, 0.1) is 7.11 Å². The first-order chi connectivity index (χ1) is 8.61. The highest BCUT2D eigenvalue weighted by Gasteiger charge is 2.25. The molecule has 18 heavy (non-hydrogen) atoms. The van der Waals surface area contributed by atoms with Crippen molar-refractivity contribution in [3.05, 3.63) is 29.3 Å². The van der Waals surface area contributed by atoms with Crippen molar-refractivity contribution in [1.29, 1.82) is 0 Å². The van der Waals surface area contributed by atoms with Crippen molar-refractivity contribution in [3.63, 3.8) is 0 Å². The van der Waals surface area contributed by atoms with E-state index in [0.717, 1.165) is 23.4 Å². The summed E-state index contributed by atoms with van der Waals surface area (Å²) in [5, 5.41) is 3.25. The Morgan fingerprint density at radius 1 is 1.56 bits per heavy atom. The summed E-state index contributed by atoms with van der Waals surface area (Å²) in [5.41, 5.74) is 7.38. The number of nitrogens with two attached hydrogens (primary N) is 1. The van der Waals surface area contributed by atoms with Gasteiger partial charge in [-0.15, -0.1) is 0 Å². The number of carbonyl (C=O) groups is 1. The Bertz CT molecular complexity index is 441. The highest BCUT2D eigenvalue weighted by Crippen LogP contribution is 2.29. The van der Waals surface area contributed by atoms with Gasteiger partial charge in [-0.3, -0.25) is 4.79 Å². The predicted octanol–water partition coefficient (Wildman–Crippen LogP) is 1.53. The van der Waals surface area contributed by atoms with Crippen LogP contribution < -0.4 is 15.8 Å². The third kappa shape index (κ3) is 3.01. The molecule has 98 valence electrons. The maximum Gasteiger partial charge on any atom is 0.239 e. The quantitative estimate of drug-likeness (QED) is 0.802. The number of ether oxygens (including phenoxy) is 1. The van der Waals surface area contributed by atoms with Crippen LogP contribution in [0.3, 0.4) is 0 Å². The topological polar surface area (TPSA) is 64.3 Å². The lowest BCUT2D eigenvalue weighted by atomic mass is 10.0. The van der Waals surface area contributed by atoms with Crippen molar-refractivity contribution in [2.75, 3.05) is 13.7 Å². The van der Waals surface area contributed by atoms with E-state index in [0.29, 0.717) is 5.92 Å². The van der Waals surface area contributed by atoms with Crippen LogP contribution in [0.2, 0.25) is 0 Å². The van der Waals surface area contributed by atoms with Gasteiger partial charge in [-0.2, -0.15) is 0 Å². The number of methoxy groups -OCH3 is 1. The van der Waals surface area contributed by atoms with E-state index in [2.05, 4.69) is 5.32 Å². The lowest BCUT2D eigenvalue weighted by molar-refractivity contribution is -0.120. The lowest BCUT2D eigenvalue weighted by Gasteiger charge is -2.17. The zero-order valence-electron chi connectivity index (χ0n) is 10.9. The molecule has 1 aromatic rings. The molecular formula is C14H20N2O2. The number of amides is 1. The van der Waals surface area contributed by atoms with Crippen molar-refractivity contribution >= 4 is 5.91 Å². The van der Waals surface area contributed by atoms with Gasteiger partial charge in [-0.1, -0.05) is 12.1 Å². The summed E-state index contributed by atoms with van der Waals surface area (Å²) in [6, 6.07) is 5.31. The molecule has 3 N–H and O–H groups in total. The van der Waals surface area contributed by atoms with Crippen molar-refractivity contribution < 1.29 is 9.53 Å². The Morgan fingerprint density at radius 3 is 2.78 bits per heavy atom. The van der Waals surface area contributed by atoms with Gasteiger partial charge in [0.25, 0.3) is 0 Å². The molecule has 1 saturated carbocycles. The Labute approximate surface area is 108 Å². The second-order valence-electron chi connectivity index (χ2n) is 4.92. The monoisotopic (exact) mass is 248 g/mol. The lowest BCUT2D eigenvalue weighted by Crippen LogP contribution is -2.34. The summed E-state index contributed by atoms with van der Waals surface area (Å²) < 4.78 is 5.21. The number of carbonyl (C=O) groups excluding carboxylic acids is 1. The van der Waals surface area contributed by atoms with Crippen molar-refractivity contribution in [1.82, 2.24) is 5.32 Å². The van der Waals surface area contributed by atoms with E-state index < -0.39 is 6.04 Å². The van der Waals surface area contributed by atoms with E-state index >= 15 is 0 Å². The zero-order chi connectivity index (χ0) is 13.1. The van der Waals surface area contributed by atoms with Crippen LogP contribution in [-0.4, -0.2) is 19.6 Å². The molecule has 0 aromatic heterocycles. The molecule has 1 aromatic carbocycles. The Balaban J connectivity index is 2.13. The number of benzene rings is 1. The summed E-state index contributed by atoms with van der Waals surface area (Å²) in [6.07, 6.45) is 2.50. The molecule has 1 unspecified atom stereocenters. The Morgan fingerprint density at radius 2 is 2.28 bits per heavy atom. The summed E-state index contributed by atoms with van der Waals surface area (Å²) in [7, 11) is 1.64. The molecule has 1 aliphatic carbocycles. The molecule has 2 rings (SSSR count). The fraction of sp³-hybridized carbons (Fsp3) is 0.500. The maximum absolute atomic E-state index is 11.5. The highest BCUT2D eigenvalue weighted by molar-refractivity contribution is 5.81. The zero-order valence-corrected chi connectivity index (χ0v) is 10.9. The molecule has 0 radical (unpaired) electrons.